The summed E-state index contributed by atoms with van der Waals surface area (Å²) in [6.45, 7) is 8.58. The second kappa shape index (κ2) is 4.84. The van der Waals surface area contributed by atoms with Crippen LogP contribution in [-0.2, 0) is 0 Å². The van der Waals surface area contributed by atoms with Crippen LogP contribution in [0.25, 0.3) is 0 Å². The molecule has 0 N–H and O–H groups in total. The van der Waals surface area contributed by atoms with Gasteiger partial charge in [-0.1, -0.05) is 38.0 Å². The lowest BCUT2D eigenvalue weighted by atomic mass is 10.5. The maximum absolute atomic E-state index is 6.17. The van der Waals surface area contributed by atoms with E-state index in [2.05, 4.69) is 38.0 Å². The Morgan fingerprint density at radius 3 is 1.92 bits per heavy atom. The van der Waals surface area contributed by atoms with Crippen molar-refractivity contribution in [2.45, 2.75) is 38.7 Å². The molecule has 72 valence electrons. The van der Waals surface area contributed by atoms with Crippen LogP contribution in [0.3, 0.4) is 0 Å². The van der Waals surface area contributed by atoms with Crippen molar-refractivity contribution in [3.8, 4) is 0 Å². The second-order valence-corrected chi connectivity index (χ2v) is 17.6. The van der Waals surface area contributed by atoms with E-state index in [-0.39, 0.29) is 0 Å². The third-order valence-corrected chi connectivity index (χ3v) is 4.87. The number of rotatable bonds is 4. The molecule has 0 unspecified atom stereocenters. The van der Waals surface area contributed by atoms with Crippen molar-refractivity contribution >= 4 is 36.9 Å². The SMILES string of the molecule is C[Si](C)(Cl)/C=C/CC[Si](C)(C)Cl. The summed E-state index contributed by atoms with van der Waals surface area (Å²) < 4.78 is 0. The number of halogens is 2. The Labute approximate surface area is 87.4 Å². The molecule has 12 heavy (non-hydrogen) atoms. The first kappa shape index (κ1) is 12.8. The lowest BCUT2D eigenvalue weighted by Gasteiger charge is -2.10. The smallest absolute Gasteiger partial charge is 0.168 e. The summed E-state index contributed by atoms with van der Waals surface area (Å²) in [4.78, 5) is 0. The highest BCUT2D eigenvalue weighted by molar-refractivity contribution is 7.21. The van der Waals surface area contributed by atoms with Crippen molar-refractivity contribution < 1.29 is 0 Å². The normalized spacial score (nSPS) is 14.2. The molecule has 4 heteroatoms. The number of hydrogen-bond acceptors (Lipinski definition) is 0. The van der Waals surface area contributed by atoms with E-state index < -0.39 is 14.8 Å². The van der Waals surface area contributed by atoms with Gasteiger partial charge in [0.25, 0.3) is 0 Å². The summed E-state index contributed by atoms with van der Waals surface area (Å²) in [5, 5.41) is 0. The van der Waals surface area contributed by atoms with Crippen molar-refractivity contribution in [3.05, 3.63) is 11.8 Å². The van der Waals surface area contributed by atoms with E-state index in [9.17, 15) is 0 Å². The molecule has 0 aromatic carbocycles. The third-order valence-electron chi connectivity index (χ3n) is 1.42. The first-order valence-corrected chi connectivity index (χ1v) is 12.6. The molecule has 0 amide bonds. The van der Waals surface area contributed by atoms with Gasteiger partial charge in [-0.25, -0.2) is 0 Å². The molecule has 0 aliphatic heterocycles. The van der Waals surface area contributed by atoms with Crippen LogP contribution in [0.15, 0.2) is 11.8 Å². The van der Waals surface area contributed by atoms with E-state index in [1.54, 1.807) is 0 Å². The first-order chi connectivity index (χ1) is 5.21. The van der Waals surface area contributed by atoms with E-state index in [1.807, 2.05) is 0 Å². The molecule has 0 aromatic rings. The summed E-state index contributed by atoms with van der Waals surface area (Å²) in [7, 11) is -2.85. The Kier molecular flexibility index (Phi) is 5.15. The van der Waals surface area contributed by atoms with Gasteiger partial charge in [0.05, 0.1) is 0 Å². The molecule has 0 aromatic heterocycles. The maximum Gasteiger partial charge on any atom is 0.173 e. The second-order valence-electron chi connectivity index (χ2n) is 4.22. The molecule has 0 spiro atoms. The molecule has 0 nitrogen and oxygen atoms in total. The minimum atomic E-state index is -1.49. The van der Waals surface area contributed by atoms with Crippen LogP contribution >= 0.6 is 22.2 Å². The first-order valence-electron chi connectivity index (χ1n) is 4.26. The van der Waals surface area contributed by atoms with E-state index in [1.165, 1.54) is 0 Å². The molecular weight excluding hydrogens is 223 g/mol. The highest BCUT2D eigenvalue weighted by Crippen LogP contribution is 2.17. The minimum absolute atomic E-state index is 1.09. The van der Waals surface area contributed by atoms with Gasteiger partial charge in [0.1, 0.15) is 0 Å². The standard InChI is InChI=1S/C8H18Cl2Si2/c1-11(2,9)7-5-6-8-12(3,4)10/h5,7H,6,8H2,1-4H3/b7-5+. The molecule has 0 bridgehead atoms. The average molecular weight is 241 g/mol. The zero-order valence-electron chi connectivity index (χ0n) is 8.32. The van der Waals surface area contributed by atoms with Crippen LogP contribution in [0, 0.1) is 0 Å². The topological polar surface area (TPSA) is 0 Å². The summed E-state index contributed by atoms with van der Waals surface area (Å²) in [6, 6.07) is 1.15. The van der Waals surface area contributed by atoms with Crippen molar-refractivity contribution in [1.82, 2.24) is 0 Å². The van der Waals surface area contributed by atoms with Crippen LogP contribution in [0.1, 0.15) is 6.42 Å². The van der Waals surface area contributed by atoms with Crippen molar-refractivity contribution in [2.24, 2.45) is 0 Å². The lowest BCUT2D eigenvalue weighted by molar-refractivity contribution is 1.18. The Bertz CT molecular complexity index is 153. The van der Waals surface area contributed by atoms with Gasteiger partial charge in [0.15, 0.2) is 14.8 Å². The molecule has 0 aliphatic rings. The van der Waals surface area contributed by atoms with Gasteiger partial charge in [0.2, 0.25) is 0 Å². The molecule has 0 atom stereocenters. The Morgan fingerprint density at radius 1 is 1.08 bits per heavy atom. The molecular formula is C8H18Cl2Si2. The Hall–Kier alpha value is 0.754. The average Bonchev–Trinajstić information content (AvgIpc) is 1.76. The molecule has 0 fully saturated rings. The van der Waals surface area contributed by atoms with Gasteiger partial charge >= 0.3 is 0 Å². The molecule has 0 aliphatic carbocycles. The van der Waals surface area contributed by atoms with E-state index in [4.69, 9.17) is 22.2 Å². The summed E-state index contributed by atoms with van der Waals surface area (Å²) in [5.74, 6) is 0. The number of hydrogen-bond donors (Lipinski definition) is 0. The summed E-state index contributed by atoms with van der Waals surface area (Å²) >= 11 is 12.3. The predicted molar refractivity (Wildman–Crippen MR) is 65.2 cm³/mol. The maximum atomic E-state index is 6.17. The number of allylic oxidation sites excluding steroid dienone is 1. The van der Waals surface area contributed by atoms with Crippen LogP contribution in [-0.4, -0.2) is 14.8 Å². The van der Waals surface area contributed by atoms with Crippen molar-refractivity contribution in [3.63, 3.8) is 0 Å². The van der Waals surface area contributed by atoms with Gasteiger partial charge in [-0.15, -0.1) is 0 Å². The van der Waals surface area contributed by atoms with E-state index >= 15 is 0 Å². The summed E-state index contributed by atoms with van der Waals surface area (Å²) in [5.41, 5.74) is 2.17. The van der Waals surface area contributed by atoms with E-state index in [0.717, 1.165) is 12.5 Å². The monoisotopic (exact) mass is 240 g/mol. The van der Waals surface area contributed by atoms with Crippen molar-refractivity contribution in [1.29, 1.82) is 0 Å². The quantitative estimate of drug-likeness (QED) is 0.506. The zero-order valence-corrected chi connectivity index (χ0v) is 11.8. The van der Waals surface area contributed by atoms with Crippen LogP contribution in [0.2, 0.25) is 32.2 Å². The Morgan fingerprint density at radius 2 is 1.58 bits per heavy atom. The van der Waals surface area contributed by atoms with Crippen molar-refractivity contribution in [2.75, 3.05) is 0 Å². The molecule has 0 rings (SSSR count). The fourth-order valence-electron chi connectivity index (χ4n) is 0.790. The van der Waals surface area contributed by atoms with E-state index in [0.29, 0.717) is 0 Å². The molecule has 0 saturated heterocycles. The fourth-order valence-corrected chi connectivity index (χ4v) is 2.97. The van der Waals surface area contributed by atoms with Gasteiger partial charge in [-0.2, -0.15) is 22.2 Å². The highest BCUT2D eigenvalue weighted by Gasteiger charge is 2.15. The van der Waals surface area contributed by atoms with Gasteiger partial charge in [-0.3, -0.25) is 0 Å². The van der Waals surface area contributed by atoms with Gasteiger partial charge in [-0.05, 0) is 12.5 Å². The lowest BCUT2D eigenvalue weighted by Crippen LogP contribution is -2.15. The third kappa shape index (κ3) is 10.8. The molecule has 0 radical (unpaired) electrons. The van der Waals surface area contributed by atoms with Crippen LogP contribution in [0.5, 0.6) is 0 Å². The van der Waals surface area contributed by atoms with Crippen LogP contribution in [0.4, 0.5) is 0 Å². The summed E-state index contributed by atoms with van der Waals surface area (Å²) in [6.07, 6.45) is 3.28. The molecule has 0 saturated carbocycles. The molecule has 0 heterocycles. The zero-order chi connectivity index (χ0) is 9.83. The van der Waals surface area contributed by atoms with Crippen LogP contribution < -0.4 is 0 Å². The fraction of sp³-hybridized carbons (Fsp3) is 0.750. The van der Waals surface area contributed by atoms with Gasteiger partial charge < -0.3 is 0 Å². The minimum Gasteiger partial charge on any atom is -0.168 e. The predicted octanol–water partition coefficient (Wildman–Crippen LogP) is 4.36. The van der Waals surface area contributed by atoms with Gasteiger partial charge in [0, 0.05) is 0 Å². The highest BCUT2D eigenvalue weighted by atomic mass is 35.6. The Balaban J connectivity index is 3.64. The largest absolute Gasteiger partial charge is 0.173 e.